The van der Waals surface area contributed by atoms with Crippen LogP contribution in [0.3, 0.4) is 0 Å². The van der Waals surface area contributed by atoms with Gasteiger partial charge >= 0.3 is 57.1 Å². The molecule has 0 atom stereocenters. The molecule has 0 aromatic heterocycles. The number of hydrogen-bond acceptors (Lipinski definition) is 5. The van der Waals surface area contributed by atoms with E-state index in [0.29, 0.717) is 12.8 Å². The summed E-state index contributed by atoms with van der Waals surface area (Å²) in [7, 11) is -11.5. The highest BCUT2D eigenvalue weighted by atomic mass is 32.3. The zero-order valence-electron chi connectivity index (χ0n) is 20.7. The van der Waals surface area contributed by atoms with Crippen molar-refractivity contribution in [3.8, 4) is 0 Å². The highest BCUT2D eigenvalue weighted by Gasteiger charge is 2.96. The number of halogens is 17. The summed E-state index contributed by atoms with van der Waals surface area (Å²) < 4.78 is 259. The average Bonchev–Trinajstić information content (AvgIpc) is 3.38. The van der Waals surface area contributed by atoms with Crippen molar-refractivity contribution in [3.63, 3.8) is 0 Å². The van der Waals surface area contributed by atoms with Crippen LogP contribution in [0, 0.1) is 5.92 Å². The van der Waals surface area contributed by atoms with E-state index in [1.807, 2.05) is 0 Å². The Hall–Kier alpha value is -0.910. The molecule has 0 aromatic carbocycles. The van der Waals surface area contributed by atoms with Crippen molar-refractivity contribution in [2.45, 2.75) is 72.6 Å². The molecule has 1 saturated heterocycles. The van der Waals surface area contributed by atoms with E-state index in [1.54, 1.807) is 0 Å². The van der Waals surface area contributed by atoms with Crippen LogP contribution < -0.4 is 0 Å². The maximum Gasteiger partial charge on any atom is 0.460 e. The topological polar surface area (TPSA) is 60.4 Å². The minimum Gasteiger partial charge on any atom is -0.298 e. The first kappa shape index (κ1) is 38.3. The third-order valence-electron chi connectivity index (χ3n) is 6.66. The minimum absolute atomic E-state index is 0.187. The highest BCUT2D eigenvalue weighted by molar-refractivity contribution is 8.34. The van der Waals surface area contributed by atoms with E-state index in [-0.39, 0.29) is 24.3 Å². The second-order valence-electron chi connectivity index (χ2n) is 9.56. The second kappa shape index (κ2) is 11.4. The van der Waals surface area contributed by atoms with Gasteiger partial charge in [0.1, 0.15) is 5.78 Å². The van der Waals surface area contributed by atoms with E-state index >= 15 is 0 Å². The number of Topliss-reactive ketones (excluding diaryl/α,β-unsaturated/α-hetero) is 1. The fraction of sp³-hybridized carbons (Fsp3) is 0.947. The van der Waals surface area contributed by atoms with Crippen LogP contribution in [-0.2, 0) is 18.5 Å². The number of carbonyl (C=O) groups excluding carboxylic acids is 1. The van der Waals surface area contributed by atoms with Gasteiger partial charge in [-0.15, -0.1) is 10.3 Å². The van der Waals surface area contributed by atoms with Gasteiger partial charge in [-0.25, -0.2) is 3.63 Å². The van der Waals surface area contributed by atoms with Crippen molar-refractivity contribution in [3.05, 3.63) is 0 Å². The Morgan fingerprint density at radius 2 is 1.02 bits per heavy atom. The summed E-state index contributed by atoms with van der Waals surface area (Å²) in [5.41, 5.74) is 0. The number of thioether (sulfide) groups is 1. The summed E-state index contributed by atoms with van der Waals surface area (Å²) in [6.45, 7) is 0. The Labute approximate surface area is 237 Å². The van der Waals surface area contributed by atoms with Crippen LogP contribution in [-0.4, -0.2) is 89.9 Å². The van der Waals surface area contributed by atoms with Gasteiger partial charge in [-0.3, -0.25) is 4.79 Å². The van der Waals surface area contributed by atoms with E-state index < -0.39 is 96.4 Å². The molecule has 24 heteroatoms. The van der Waals surface area contributed by atoms with Crippen LogP contribution in [0.4, 0.5) is 74.6 Å². The van der Waals surface area contributed by atoms with E-state index in [0.717, 1.165) is 11.8 Å². The molecule has 1 saturated carbocycles. The predicted octanol–water partition coefficient (Wildman–Crippen LogP) is 7.53. The average molecular weight is 731 g/mol. The molecule has 1 aliphatic carbocycles. The molecule has 0 spiro atoms. The smallest absolute Gasteiger partial charge is 0.298 e. The van der Waals surface area contributed by atoms with Crippen LogP contribution in [0.15, 0.2) is 0 Å². The maximum atomic E-state index is 14.6. The Bertz CT molecular complexity index is 1140. The molecule has 0 unspecified atom stereocenters. The molecule has 1 heterocycles. The third-order valence-corrected chi connectivity index (χ3v) is 13.6. The summed E-state index contributed by atoms with van der Waals surface area (Å²) in [4.78, 5) is 12.6. The number of ketones is 1. The zero-order valence-corrected chi connectivity index (χ0v) is 23.2. The van der Waals surface area contributed by atoms with Gasteiger partial charge in [0, 0.05) is 28.9 Å². The van der Waals surface area contributed by atoms with Crippen molar-refractivity contribution < 1.29 is 91.5 Å². The van der Waals surface area contributed by atoms with Gasteiger partial charge in [0.15, 0.2) is 0 Å². The Morgan fingerprint density at radius 3 is 1.42 bits per heavy atom. The summed E-state index contributed by atoms with van der Waals surface area (Å²) in [6.07, 6.45) is -6.44. The molecule has 43 heavy (non-hydrogen) atoms. The normalized spacial score (nSPS) is 21.6. The number of hydrogen-bond donors (Lipinski definition) is 0. The van der Waals surface area contributed by atoms with Crippen LogP contribution in [0.2, 0.25) is 0 Å². The summed E-state index contributed by atoms with van der Waals surface area (Å²) in [6, 6.07) is 0. The molecule has 0 amide bonds. The lowest BCUT2D eigenvalue weighted by atomic mass is 9.91. The first-order valence-corrected chi connectivity index (χ1v) is 16.1. The van der Waals surface area contributed by atoms with Crippen molar-refractivity contribution in [2.24, 2.45) is 5.92 Å². The maximum absolute atomic E-state index is 14.6. The standard InChI is InChI=1S/C19H19F17O4S3/c20-12(21,14(24,25)16(28,29)18(32,33)34)13(22,23)15(26,27)17(30,31)19(35,36)43(38,39)40-42(7-5-41-6-8-42)9-11(37)10-3-1-2-4-10/h10H,1-9H2. The summed E-state index contributed by atoms with van der Waals surface area (Å²) in [5, 5.41) is -7.74. The molecule has 1 aliphatic heterocycles. The Balaban J connectivity index is 2.56. The molecule has 2 aliphatic rings. The lowest BCUT2D eigenvalue weighted by Crippen LogP contribution is -2.75. The van der Waals surface area contributed by atoms with Crippen LogP contribution in [0.5, 0.6) is 0 Å². The molecule has 0 bridgehead atoms. The molecular formula is C19H19F17O4S3. The van der Waals surface area contributed by atoms with Gasteiger partial charge in [0.2, 0.25) is 0 Å². The molecule has 0 N–H and O–H groups in total. The van der Waals surface area contributed by atoms with Gasteiger partial charge in [-0.2, -0.15) is 94.8 Å². The Kier molecular flexibility index (Phi) is 10.2. The van der Waals surface area contributed by atoms with Gasteiger partial charge in [-0.1, -0.05) is 12.8 Å². The molecule has 0 aromatic rings. The van der Waals surface area contributed by atoms with Gasteiger partial charge < -0.3 is 0 Å². The molecule has 4 nitrogen and oxygen atoms in total. The van der Waals surface area contributed by atoms with Gasteiger partial charge in [0.05, 0.1) is 5.75 Å². The fourth-order valence-corrected chi connectivity index (χ4v) is 11.9. The minimum atomic E-state index is -8.91. The first-order chi connectivity index (χ1) is 18.9. The first-order valence-electron chi connectivity index (χ1n) is 11.4. The van der Waals surface area contributed by atoms with E-state index in [2.05, 4.69) is 3.63 Å². The largest absolute Gasteiger partial charge is 0.460 e. The molecule has 2 rings (SSSR count). The van der Waals surface area contributed by atoms with Gasteiger partial charge in [0.25, 0.3) is 0 Å². The second-order valence-corrected chi connectivity index (χ2v) is 15.8. The zero-order chi connectivity index (χ0) is 33.9. The van der Waals surface area contributed by atoms with Crippen LogP contribution in [0.1, 0.15) is 25.7 Å². The quantitative estimate of drug-likeness (QED) is 0.195. The highest BCUT2D eigenvalue weighted by Crippen LogP contribution is 2.65. The van der Waals surface area contributed by atoms with E-state index in [1.165, 1.54) is 0 Å². The number of rotatable bonds is 12. The third kappa shape index (κ3) is 5.91. The predicted molar refractivity (Wildman–Crippen MR) is 117 cm³/mol. The van der Waals surface area contributed by atoms with Crippen molar-refractivity contribution in [1.82, 2.24) is 0 Å². The van der Waals surface area contributed by atoms with Crippen molar-refractivity contribution in [2.75, 3.05) is 28.8 Å². The molecule has 2 fully saturated rings. The van der Waals surface area contributed by atoms with Crippen LogP contribution in [0.25, 0.3) is 0 Å². The van der Waals surface area contributed by atoms with Crippen LogP contribution >= 0.6 is 22.1 Å². The number of alkyl halides is 17. The summed E-state index contributed by atoms with van der Waals surface area (Å²) >= 11 is 0.996. The lowest BCUT2D eigenvalue weighted by molar-refractivity contribution is -0.458. The Morgan fingerprint density at radius 1 is 0.651 bits per heavy atom. The van der Waals surface area contributed by atoms with E-state index in [9.17, 15) is 87.8 Å². The molecule has 256 valence electrons. The fourth-order valence-electron chi connectivity index (χ4n) is 4.03. The SMILES string of the molecule is O=C(CS1(OS(=O)(=O)C(F)(F)C(F)(F)C(F)(F)C(F)(F)C(F)(F)C(F)(F)C(F)(F)C(F)(F)F)CCSCC1)C1CCCC1. The summed E-state index contributed by atoms with van der Waals surface area (Å²) in [5.74, 6) is -56.3. The molecular weight excluding hydrogens is 711 g/mol. The monoisotopic (exact) mass is 730 g/mol. The lowest BCUT2D eigenvalue weighted by Gasteiger charge is -2.44. The van der Waals surface area contributed by atoms with Crippen molar-refractivity contribution in [1.29, 1.82) is 0 Å². The molecule has 0 radical (unpaired) electrons. The number of carbonyl (C=O) groups is 1. The van der Waals surface area contributed by atoms with E-state index in [4.69, 9.17) is 0 Å². The van der Waals surface area contributed by atoms with Gasteiger partial charge in [-0.05, 0) is 12.8 Å². The van der Waals surface area contributed by atoms with Crippen molar-refractivity contribution >= 4 is 38.0 Å².